The average Bonchev–Trinajstić information content (AvgIpc) is 2.01. The van der Waals surface area contributed by atoms with Gasteiger partial charge in [-0.15, -0.1) is 0 Å². The van der Waals surface area contributed by atoms with Crippen molar-refractivity contribution in [2.24, 2.45) is 0 Å². The van der Waals surface area contributed by atoms with Gasteiger partial charge in [0.2, 0.25) is 0 Å². The number of hydrogen-bond acceptors (Lipinski definition) is 2. The van der Waals surface area contributed by atoms with Gasteiger partial charge in [-0.05, 0) is 11.1 Å². The smallest absolute Gasteiger partial charge is 0.413 e. The van der Waals surface area contributed by atoms with Crippen LogP contribution in [0.15, 0.2) is 23.8 Å². The van der Waals surface area contributed by atoms with Gasteiger partial charge in [0.05, 0.1) is 5.25 Å². The first-order valence-electron chi connectivity index (χ1n) is 3.51. The summed E-state index contributed by atoms with van der Waals surface area (Å²) in [6.45, 7) is 0. The number of allylic oxidation sites excluding steroid dienone is 3. The van der Waals surface area contributed by atoms with E-state index in [2.05, 4.69) is 0 Å². The number of halogens is 4. The quantitative estimate of drug-likeness (QED) is 0.418. The van der Waals surface area contributed by atoms with E-state index in [-0.39, 0.29) is 0 Å². The van der Waals surface area contributed by atoms with E-state index in [1.54, 1.807) is 22.6 Å². The van der Waals surface area contributed by atoms with Gasteiger partial charge in [-0.2, -0.15) is 13.2 Å². The Kier molecular flexibility index (Phi) is 3.75. The third-order valence-corrected chi connectivity index (χ3v) is 4.29. The third kappa shape index (κ3) is 2.57. The molecule has 1 aliphatic rings. The van der Waals surface area contributed by atoms with Crippen LogP contribution in [0.25, 0.3) is 0 Å². The molecule has 0 amide bonds. The minimum absolute atomic E-state index is 0.674. The molecule has 80 valence electrons. The number of alkyl halides is 4. The van der Waals surface area contributed by atoms with Gasteiger partial charge in [0.15, 0.2) is 0 Å². The first-order valence-corrected chi connectivity index (χ1v) is 5.90. The fourth-order valence-corrected chi connectivity index (χ4v) is 3.17. The van der Waals surface area contributed by atoms with Gasteiger partial charge in [0, 0.05) is 9.50 Å². The lowest BCUT2D eigenvalue weighted by atomic mass is 10.0. The van der Waals surface area contributed by atoms with E-state index in [9.17, 15) is 21.9 Å². The second kappa shape index (κ2) is 4.31. The van der Waals surface area contributed by atoms with Crippen molar-refractivity contribution in [3.63, 3.8) is 0 Å². The lowest BCUT2D eigenvalue weighted by Crippen LogP contribution is -2.35. The first kappa shape index (κ1) is 12.2. The minimum atomic E-state index is -4.58. The predicted octanol–water partition coefficient (Wildman–Crippen LogP) is 2.10. The van der Waals surface area contributed by atoms with E-state index in [1.807, 2.05) is 0 Å². The van der Waals surface area contributed by atoms with E-state index in [4.69, 9.17) is 0 Å². The molecule has 1 rings (SSSR count). The number of rotatable bonds is 1. The summed E-state index contributed by atoms with van der Waals surface area (Å²) in [7, 11) is 0. The van der Waals surface area contributed by atoms with Crippen LogP contribution >= 0.6 is 22.6 Å². The van der Waals surface area contributed by atoms with Crippen molar-refractivity contribution in [1.29, 1.82) is 0 Å². The molecular formula is C7H5F3IO2S-. The standard InChI is InChI=1S/C7H6F3IO2S/c8-7(9,10)4-2-1-3-5(11)6(4)14(12)13/h1-3,5-6H,(H,12,13)/p-1/t5-,6?/m0/s1. The maximum Gasteiger partial charge on any atom is 0.413 e. The SMILES string of the molecule is O=S([O-])C1C(C(F)(F)F)=CC=C[C@@H]1I. The van der Waals surface area contributed by atoms with Crippen molar-refractivity contribution >= 4 is 33.7 Å². The predicted molar refractivity (Wildman–Crippen MR) is 53.8 cm³/mol. The van der Waals surface area contributed by atoms with Crippen LogP contribution in [-0.2, 0) is 11.1 Å². The van der Waals surface area contributed by atoms with Gasteiger partial charge in [0.1, 0.15) is 0 Å². The molecule has 0 spiro atoms. The van der Waals surface area contributed by atoms with E-state index in [1.165, 1.54) is 12.2 Å². The Morgan fingerprint density at radius 3 is 2.43 bits per heavy atom. The summed E-state index contributed by atoms with van der Waals surface area (Å²) < 4.78 is 57.6. The van der Waals surface area contributed by atoms with Crippen molar-refractivity contribution < 1.29 is 21.9 Å². The molecule has 1 aliphatic carbocycles. The maximum absolute atomic E-state index is 12.3. The normalized spacial score (nSPS) is 29.9. The van der Waals surface area contributed by atoms with Crippen molar-refractivity contribution in [2.45, 2.75) is 15.4 Å². The molecule has 0 N–H and O–H groups in total. The Labute approximate surface area is 94.7 Å². The van der Waals surface area contributed by atoms with Gasteiger partial charge >= 0.3 is 6.18 Å². The van der Waals surface area contributed by atoms with Crippen LogP contribution in [0, 0.1) is 0 Å². The average molecular weight is 337 g/mol. The minimum Gasteiger partial charge on any atom is -0.772 e. The molecule has 0 heterocycles. The summed E-state index contributed by atoms with van der Waals surface area (Å²) in [5.74, 6) is 0. The summed E-state index contributed by atoms with van der Waals surface area (Å²) in [4.78, 5) is 0. The van der Waals surface area contributed by atoms with Crippen LogP contribution in [0.1, 0.15) is 0 Å². The fraction of sp³-hybridized carbons (Fsp3) is 0.429. The molecular weight excluding hydrogens is 332 g/mol. The zero-order chi connectivity index (χ0) is 10.9. The molecule has 0 saturated carbocycles. The molecule has 0 bridgehead atoms. The monoisotopic (exact) mass is 337 g/mol. The zero-order valence-electron chi connectivity index (χ0n) is 6.62. The van der Waals surface area contributed by atoms with Crippen molar-refractivity contribution in [3.05, 3.63) is 23.8 Å². The van der Waals surface area contributed by atoms with Gasteiger partial charge in [-0.3, -0.25) is 4.21 Å². The Hall–Kier alpha value is 0.110. The summed E-state index contributed by atoms with van der Waals surface area (Å²) in [6, 6.07) is 0. The van der Waals surface area contributed by atoms with Crippen LogP contribution in [0.5, 0.6) is 0 Å². The Morgan fingerprint density at radius 2 is 2.07 bits per heavy atom. The zero-order valence-corrected chi connectivity index (χ0v) is 9.60. The molecule has 0 saturated heterocycles. The summed E-state index contributed by atoms with van der Waals surface area (Å²) in [6.07, 6.45) is -1.13. The van der Waals surface area contributed by atoms with Gasteiger partial charge in [0.25, 0.3) is 0 Å². The molecule has 3 atom stereocenters. The summed E-state index contributed by atoms with van der Waals surface area (Å²) >= 11 is -1.09. The lowest BCUT2D eigenvalue weighted by Gasteiger charge is -2.28. The highest BCUT2D eigenvalue weighted by molar-refractivity contribution is 14.1. The molecule has 0 radical (unpaired) electrons. The second-order valence-corrected chi connectivity index (χ2v) is 5.10. The van der Waals surface area contributed by atoms with Gasteiger partial charge in [-0.1, -0.05) is 40.8 Å². The van der Waals surface area contributed by atoms with Crippen LogP contribution in [0.2, 0.25) is 0 Å². The summed E-state index contributed by atoms with van der Waals surface area (Å²) in [5, 5.41) is -1.50. The van der Waals surface area contributed by atoms with Gasteiger partial charge in [-0.25, -0.2) is 0 Å². The van der Waals surface area contributed by atoms with Crippen LogP contribution in [0.3, 0.4) is 0 Å². The van der Waals surface area contributed by atoms with Crippen LogP contribution in [0.4, 0.5) is 13.2 Å². The first-order chi connectivity index (χ1) is 6.34. The highest BCUT2D eigenvalue weighted by Gasteiger charge is 2.42. The Bertz CT molecular complexity index is 311. The van der Waals surface area contributed by atoms with Crippen LogP contribution < -0.4 is 0 Å². The van der Waals surface area contributed by atoms with E-state index in [0.717, 1.165) is 6.08 Å². The van der Waals surface area contributed by atoms with E-state index >= 15 is 0 Å². The van der Waals surface area contributed by atoms with Crippen molar-refractivity contribution in [1.82, 2.24) is 0 Å². The number of hydrogen-bond donors (Lipinski definition) is 0. The van der Waals surface area contributed by atoms with E-state index < -0.39 is 32.0 Å². The molecule has 0 aromatic carbocycles. The molecule has 2 nitrogen and oxygen atoms in total. The maximum atomic E-state index is 12.3. The van der Waals surface area contributed by atoms with Crippen LogP contribution in [-0.4, -0.2) is 24.1 Å². The Balaban J connectivity index is 3.07. The van der Waals surface area contributed by atoms with Crippen molar-refractivity contribution in [2.75, 3.05) is 0 Å². The Morgan fingerprint density at radius 1 is 1.50 bits per heavy atom. The molecule has 14 heavy (non-hydrogen) atoms. The van der Waals surface area contributed by atoms with E-state index in [0.29, 0.717) is 0 Å². The van der Waals surface area contributed by atoms with Gasteiger partial charge < -0.3 is 4.55 Å². The molecule has 0 aliphatic heterocycles. The fourth-order valence-electron chi connectivity index (χ4n) is 1.10. The van der Waals surface area contributed by atoms with Crippen molar-refractivity contribution in [3.8, 4) is 0 Å². The highest BCUT2D eigenvalue weighted by Crippen LogP contribution is 2.35. The molecule has 0 aromatic heterocycles. The third-order valence-electron chi connectivity index (χ3n) is 1.70. The molecule has 2 unspecified atom stereocenters. The topological polar surface area (TPSA) is 40.1 Å². The summed E-state index contributed by atoms with van der Waals surface area (Å²) in [5.41, 5.74) is -1.01. The molecule has 0 aromatic rings. The molecule has 0 fully saturated rings. The second-order valence-electron chi connectivity index (χ2n) is 2.63. The largest absolute Gasteiger partial charge is 0.772 e. The highest BCUT2D eigenvalue weighted by atomic mass is 127. The molecule has 7 heteroatoms. The lowest BCUT2D eigenvalue weighted by molar-refractivity contribution is -0.0934.